The molecule has 2 aromatic rings. The highest BCUT2D eigenvalue weighted by Crippen LogP contribution is 2.26. The maximum absolute atomic E-state index is 5.99. The first-order valence-corrected chi connectivity index (χ1v) is 10.3. The normalized spacial score (nSPS) is 16.2. The molecule has 2 heterocycles. The summed E-state index contributed by atoms with van der Waals surface area (Å²) in [5.74, 6) is 3.99. The molecule has 1 aliphatic rings. The van der Waals surface area contributed by atoms with E-state index in [1.807, 2.05) is 23.7 Å². The van der Waals surface area contributed by atoms with Crippen molar-refractivity contribution in [1.82, 2.24) is 25.4 Å². The van der Waals surface area contributed by atoms with Gasteiger partial charge in [-0.15, -0.1) is 24.0 Å². The number of guanidine groups is 1. The largest absolute Gasteiger partial charge is 0.491 e. The van der Waals surface area contributed by atoms with Gasteiger partial charge in [0.15, 0.2) is 5.96 Å². The Bertz CT molecular complexity index is 804. The first-order valence-electron chi connectivity index (χ1n) is 10.3. The van der Waals surface area contributed by atoms with Crippen LogP contribution in [0.25, 0.3) is 0 Å². The fourth-order valence-electron chi connectivity index (χ4n) is 3.49. The van der Waals surface area contributed by atoms with Crippen molar-refractivity contribution in [1.29, 1.82) is 0 Å². The van der Waals surface area contributed by atoms with E-state index in [4.69, 9.17) is 4.74 Å². The standard InChI is InChI=1S/C21H32N6O.HI/c1-5-22-21(25-18-10-8-13-27-20(18)24-16(4)26-27)23-12-14-28-19-11-7-6-9-17(19)15(2)3;/h6-7,9,11,15,18H,5,8,10,12-14H2,1-4H3,(H2,22,23,25);1H. The maximum Gasteiger partial charge on any atom is 0.191 e. The van der Waals surface area contributed by atoms with Gasteiger partial charge in [-0.2, -0.15) is 5.10 Å². The van der Waals surface area contributed by atoms with Crippen LogP contribution in [0.15, 0.2) is 29.3 Å². The molecule has 29 heavy (non-hydrogen) atoms. The summed E-state index contributed by atoms with van der Waals surface area (Å²) >= 11 is 0. The monoisotopic (exact) mass is 512 g/mol. The van der Waals surface area contributed by atoms with Gasteiger partial charge in [0.1, 0.15) is 24.0 Å². The van der Waals surface area contributed by atoms with E-state index >= 15 is 0 Å². The van der Waals surface area contributed by atoms with E-state index in [1.54, 1.807) is 0 Å². The Morgan fingerprint density at radius 1 is 1.34 bits per heavy atom. The van der Waals surface area contributed by atoms with Gasteiger partial charge in [-0.05, 0) is 44.2 Å². The van der Waals surface area contributed by atoms with Crippen LogP contribution in [0, 0.1) is 6.92 Å². The fraction of sp³-hybridized carbons (Fsp3) is 0.571. The molecule has 8 heteroatoms. The Labute approximate surface area is 190 Å². The molecular weight excluding hydrogens is 479 g/mol. The van der Waals surface area contributed by atoms with Crippen LogP contribution in [-0.2, 0) is 6.54 Å². The lowest BCUT2D eigenvalue weighted by Gasteiger charge is -2.25. The van der Waals surface area contributed by atoms with Gasteiger partial charge >= 0.3 is 0 Å². The van der Waals surface area contributed by atoms with Crippen LogP contribution in [0.3, 0.4) is 0 Å². The molecule has 7 nitrogen and oxygen atoms in total. The minimum atomic E-state index is 0. The molecule has 0 radical (unpaired) electrons. The van der Waals surface area contributed by atoms with E-state index < -0.39 is 0 Å². The van der Waals surface area contributed by atoms with E-state index in [2.05, 4.69) is 58.6 Å². The van der Waals surface area contributed by atoms with E-state index in [0.717, 1.165) is 49.3 Å². The molecule has 1 aromatic heterocycles. The Kier molecular flexibility index (Phi) is 9.19. The predicted molar refractivity (Wildman–Crippen MR) is 127 cm³/mol. The van der Waals surface area contributed by atoms with Gasteiger partial charge < -0.3 is 15.4 Å². The number of aliphatic imine (C=N–C) groups is 1. The van der Waals surface area contributed by atoms with Crippen LogP contribution in [0.1, 0.15) is 62.8 Å². The van der Waals surface area contributed by atoms with Gasteiger partial charge in [-0.25, -0.2) is 14.7 Å². The molecule has 0 bridgehead atoms. The minimum Gasteiger partial charge on any atom is -0.491 e. The summed E-state index contributed by atoms with van der Waals surface area (Å²) in [6.07, 6.45) is 2.11. The van der Waals surface area contributed by atoms with Crippen LogP contribution in [0.4, 0.5) is 0 Å². The third-order valence-corrected chi connectivity index (χ3v) is 4.80. The number of rotatable bonds is 7. The van der Waals surface area contributed by atoms with Crippen molar-refractivity contribution >= 4 is 29.9 Å². The van der Waals surface area contributed by atoms with Crippen LogP contribution in [0.5, 0.6) is 5.75 Å². The number of nitrogens with one attached hydrogen (secondary N) is 2. The molecule has 0 fully saturated rings. The molecule has 0 spiro atoms. The molecule has 0 amide bonds. The van der Waals surface area contributed by atoms with Crippen molar-refractivity contribution in [3.63, 3.8) is 0 Å². The highest BCUT2D eigenvalue weighted by Gasteiger charge is 2.24. The number of fused-ring (bicyclic) bond motifs is 1. The van der Waals surface area contributed by atoms with Gasteiger partial charge in [0.05, 0.1) is 12.6 Å². The zero-order valence-electron chi connectivity index (χ0n) is 17.8. The van der Waals surface area contributed by atoms with Crippen molar-refractivity contribution in [2.24, 2.45) is 4.99 Å². The third kappa shape index (κ3) is 6.32. The molecule has 0 saturated heterocycles. The average molecular weight is 512 g/mol. The molecule has 1 unspecified atom stereocenters. The molecule has 0 saturated carbocycles. The van der Waals surface area contributed by atoms with Gasteiger partial charge in [0, 0.05) is 13.1 Å². The van der Waals surface area contributed by atoms with Crippen molar-refractivity contribution in [2.75, 3.05) is 19.7 Å². The van der Waals surface area contributed by atoms with E-state index in [-0.39, 0.29) is 30.0 Å². The average Bonchev–Trinajstić information content (AvgIpc) is 3.06. The topological polar surface area (TPSA) is 76.4 Å². The van der Waals surface area contributed by atoms with Gasteiger partial charge in [0.2, 0.25) is 0 Å². The molecule has 1 atom stereocenters. The number of benzene rings is 1. The SMILES string of the molecule is CCNC(=NCCOc1ccccc1C(C)C)NC1CCCn2nc(C)nc21.I. The zero-order valence-corrected chi connectivity index (χ0v) is 20.1. The molecule has 1 aromatic carbocycles. The molecular formula is C21H33IN6O. The molecule has 1 aliphatic heterocycles. The second kappa shape index (κ2) is 11.4. The smallest absolute Gasteiger partial charge is 0.191 e. The predicted octanol–water partition coefficient (Wildman–Crippen LogP) is 3.80. The summed E-state index contributed by atoms with van der Waals surface area (Å²) in [4.78, 5) is 9.28. The summed E-state index contributed by atoms with van der Waals surface area (Å²) in [5, 5.41) is 11.3. The van der Waals surface area contributed by atoms with Gasteiger partial charge in [-0.3, -0.25) is 0 Å². The van der Waals surface area contributed by atoms with E-state index in [9.17, 15) is 0 Å². The number of para-hydroxylation sites is 1. The Morgan fingerprint density at radius 3 is 2.90 bits per heavy atom. The summed E-state index contributed by atoms with van der Waals surface area (Å²) in [5.41, 5.74) is 1.23. The number of hydrogen-bond acceptors (Lipinski definition) is 4. The molecule has 3 rings (SSSR count). The van der Waals surface area contributed by atoms with Crippen LogP contribution in [-0.4, -0.2) is 40.4 Å². The van der Waals surface area contributed by atoms with Crippen molar-refractivity contribution in [2.45, 2.75) is 59.0 Å². The minimum absolute atomic E-state index is 0. The van der Waals surface area contributed by atoms with Crippen molar-refractivity contribution in [3.05, 3.63) is 41.5 Å². The number of aryl methyl sites for hydroxylation is 2. The number of halogens is 1. The number of hydrogen-bond donors (Lipinski definition) is 2. The number of aromatic nitrogens is 3. The quantitative estimate of drug-likeness (QED) is 0.256. The molecule has 160 valence electrons. The zero-order chi connectivity index (χ0) is 19.9. The fourth-order valence-corrected chi connectivity index (χ4v) is 3.49. The summed E-state index contributed by atoms with van der Waals surface area (Å²) in [6, 6.07) is 8.35. The third-order valence-electron chi connectivity index (χ3n) is 4.80. The molecule has 2 N–H and O–H groups in total. The Morgan fingerprint density at radius 2 is 2.14 bits per heavy atom. The highest BCUT2D eigenvalue weighted by molar-refractivity contribution is 14.0. The van der Waals surface area contributed by atoms with Gasteiger partial charge in [-0.1, -0.05) is 32.0 Å². The van der Waals surface area contributed by atoms with E-state index in [0.29, 0.717) is 19.1 Å². The van der Waals surface area contributed by atoms with Gasteiger partial charge in [0.25, 0.3) is 0 Å². The number of nitrogens with zero attached hydrogens (tertiary/aromatic N) is 4. The summed E-state index contributed by atoms with van der Waals surface area (Å²) < 4.78 is 7.99. The molecule has 0 aliphatic carbocycles. The lowest BCUT2D eigenvalue weighted by molar-refractivity contribution is 0.323. The first-order chi connectivity index (χ1) is 13.6. The van der Waals surface area contributed by atoms with Crippen LogP contribution >= 0.6 is 24.0 Å². The van der Waals surface area contributed by atoms with Crippen LogP contribution in [0.2, 0.25) is 0 Å². The van der Waals surface area contributed by atoms with Crippen molar-refractivity contribution in [3.8, 4) is 5.75 Å². The second-order valence-corrected chi connectivity index (χ2v) is 7.38. The highest BCUT2D eigenvalue weighted by atomic mass is 127. The Balaban J connectivity index is 0.00000300. The second-order valence-electron chi connectivity index (χ2n) is 7.38. The number of ether oxygens (including phenoxy) is 1. The maximum atomic E-state index is 5.99. The summed E-state index contributed by atoms with van der Waals surface area (Å²) in [6.45, 7) is 11.2. The lowest BCUT2D eigenvalue weighted by Crippen LogP contribution is -2.41. The van der Waals surface area contributed by atoms with E-state index in [1.165, 1.54) is 5.56 Å². The van der Waals surface area contributed by atoms with Crippen LogP contribution < -0.4 is 15.4 Å². The lowest BCUT2D eigenvalue weighted by atomic mass is 10.0. The van der Waals surface area contributed by atoms with Crippen molar-refractivity contribution < 1.29 is 4.74 Å². The first kappa shape index (κ1) is 23.4. The Hall–Kier alpha value is -1.84. The summed E-state index contributed by atoms with van der Waals surface area (Å²) in [7, 11) is 0.